The summed E-state index contributed by atoms with van der Waals surface area (Å²) < 4.78 is 0. The van der Waals surface area contributed by atoms with Crippen LogP contribution in [-0.2, 0) is 4.79 Å². The summed E-state index contributed by atoms with van der Waals surface area (Å²) >= 11 is 0. The van der Waals surface area contributed by atoms with Crippen molar-refractivity contribution in [2.75, 3.05) is 0 Å². The third kappa shape index (κ3) is 2.49. The van der Waals surface area contributed by atoms with Gasteiger partial charge in [-0.05, 0) is 19.3 Å². The van der Waals surface area contributed by atoms with Gasteiger partial charge in [0.2, 0.25) is 5.91 Å². The molecule has 0 aliphatic heterocycles. The number of rotatable bonds is 4. The topological polar surface area (TPSA) is 83.8 Å². The second-order valence-corrected chi connectivity index (χ2v) is 4.77. The standard InChI is InChI=1S/C12H20N4O/c1-2-9(10-14-7-8-15-10)16-11(17)12(13)5-3-4-6-12/h7-9H,2-6,13H2,1H3,(H,14,15)(H,16,17). The van der Waals surface area contributed by atoms with Crippen molar-refractivity contribution in [2.45, 2.75) is 50.6 Å². The second-order valence-electron chi connectivity index (χ2n) is 4.77. The Labute approximate surface area is 101 Å². The number of imidazole rings is 1. The summed E-state index contributed by atoms with van der Waals surface area (Å²) in [4.78, 5) is 19.4. The van der Waals surface area contributed by atoms with Crippen LogP contribution in [0.15, 0.2) is 12.4 Å². The summed E-state index contributed by atoms with van der Waals surface area (Å²) in [6.07, 6.45) is 7.91. The highest BCUT2D eigenvalue weighted by molar-refractivity contribution is 5.86. The Hall–Kier alpha value is -1.36. The van der Waals surface area contributed by atoms with Gasteiger partial charge in [0.05, 0.1) is 11.6 Å². The Balaban J connectivity index is 2.02. The molecule has 0 spiro atoms. The average molecular weight is 236 g/mol. The number of carbonyl (C=O) groups excluding carboxylic acids is 1. The molecule has 1 aliphatic carbocycles. The van der Waals surface area contributed by atoms with Crippen LogP contribution in [-0.4, -0.2) is 21.4 Å². The number of hydrogen-bond donors (Lipinski definition) is 3. The lowest BCUT2D eigenvalue weighted by Crippen LogP contribution is -2.52. The van der Waals surface area contributed by atoms with Crippen LogP contribution in [0.2, 0.25) is 0 Å². The van der Waals surface area contributed by atoms with Crippen molar-refractivity contribution in [3.8, 4) is 0 Å². The lowest BCUT2D eigenvalue weighted by atomic mass is 9.97. The van der Waals surface area contributed by atoms with Crippen molar-refractivity contribution in [1.82, 2.24) is 15.3 Å². The Kier molecular flexibility index (Phi) is 3.47. The number of nitrogens with two attached hydrogens (primary N) is 1. The normalized spacial score (nSPS) is 20.1. The summed E-state index contributed by atoms with van der Waals surface area (Å²) in [5, 5.41) is 2.99. The van der Waals surface area contributed by atoms with Crippen LogP contribution in [0.3, 0.4) is 0 Å². The third-order valence-electron chi connectivity index (χ3n) is 3.51. The first-order valence-electron chi connectivity index (χ1n) is 6.25. The molecule has 1 fully saturated rings. The number of amides is 1. The molecular formula is C12H20N4O. The first-order valence-corrected chi connectivity index (χ1v) is 6.25. The van der Waals surface area contributed by atoms with Crippen LogP contribution in [0.25, 0.3) is 0 Å². The van der Waals surface area contributed by atoms with Gasteiger partial charge in [0.1, 0.15) is 5.82 Å². The molecule has 1 aromatic heterocycles. The van der Waals surface area contributed by atoms with Gasteiger partial charge in [0.15, 0.2) is 0 Å². The maximum absolute atomic E-state index is 12.2. The van der Waals surface area contributed by atoms with Crippen molar-refractivity contribution in [2.24, 2.45) is 5.73 Å². The monoisotopic (exact) mass is 236 g/mol. The van der Waals surface area contributed by atoms with Gasteiger partial charge in [-0.3, -0.25) is 4.79 Å². The van der Waals surface area contributed by atoms with E-state index < -0.39 is 5.54 Å². The Bertz CT molecular complexity index is 368. The molecule has 1 heterocycles. The SMILES string of the molecule is CCC(NC(=O)C1(N)CCCC1)c1ncc[nH]1. The van der Waals surface area contributed by atoms with E-state index in [1.54, 1.807) is 12.4 Å². The summed E-state index contributed by atoms with van der Waals surface area (Å²) in [5.74, 6) is 0.751. The minimum Gasteiger partial charge on any atom is -0.347 e. The number of aromatic amines is 1. The van der Waals surface area contributed by atoms with Gasteiger partial charge >= 0.3 is 0 Å². The van der Waals surface area contributed by atoms with Gasteiger partial charge in [0, 0.05) is 12.4 Å². The minimum atomic E-state index is -0.667. The summed E-state index contributed by atoms with van der Waals surface area (Å²) in [7, 11) is 0. The van der Waals surface area contributed by atoms with Gasteiger partial charge < -0.3 is 16.0 Å². The highest BCUT2D eigenvalue weighted by atomic mass is 16.2. The number of aromatic nitrogens is 2. The van der Waals surface area contributed by atoms with Gasteiger partial charge in [0.25, 0.3) is 0 Å². The van der Waals surface area contributed by atoms with Crippen LogP contribution >= 0.6 is 0 Å². The molecular weight excluding hydrogens is 216 g/mol. The first kappa shape index (κ1) is 12.1. The van der Waals surface area contributed by atoms with Crippen molar-refractivity contribution in [1.29, 1.82) is 0 Å². The zero-order chi connectivity index (χ0) is 12.3. The van der Waals surface area contributed by atoms with Crippen molar-refractivity contribution >= 4 is 5.91 Å². The lowest BCUT2D eigenvalue weighted by molar-refractivity contribution is -0.127. The molecule has 0 aromatic carbocycles. The number of H-pyrrole nitrogens is 1. The molecule has 0 saturated heterocycles. The fraction of sp³-hybridized carbons (Fsp3) is 0.667. The fourth-order valence-corrected chi connectivity index (χ4v) is 2.37. The van der Waals surface area contributed by atoms with E-state index in [1.165, 1.54) is 0 Å². The van der Waals surface area contributed by atoms with Crippen LogP contribution in [0.5, 0.6) is 0 Å². The molecule has 0 radical (unpaired) electrons. The molecule has 17 heavy (non-hydrogen) atoms. The molecule has 1 unspecified atom stereocenters. The van der Waals surface area contributed by atoms with Gasteiger partial charge in [-0.25, -0.2) is 4.98 Å². The van der Waals surface area contributed by atoms with Crippen LogP contribution in [0.4, 0.5) is 0 Å². The minimum absolute atomic E-state index is 0.0433. The molecule has 1 atom stereocenters. The quantitative estimate of drug-likeness (QED) is 0.735. The highest BCUT2D eigenvalue weighted by Gasteiger charge is 2.37. The average Bonchev–Trinajstić information content (AvgIpc) is 2.97. The van der Waals surface area contributed by atoms with E-state index in [-0.39, 0.29) is 11.9 Å². The molecule has 94 valence electrons. The van der Waals surface area contributed by atoms with E-state index in [1.807, 2.05) is 6.92 Å². The zero-order valence-electron chi connectivity index (χ0n) is 10.2. The summed E-state index contributed by atoms with van der Waals surface area (Å²) in [6.45, 7) is 2.02. The lowest BCUT2D eigenvalue weighted by Gasteiger charge is -2.25. The van der Waals surface area contributed by atoms with E-state index in [0.717, 1.165) is 37.9 Å². The maximum Gasteiger partial charge on any atom is 0.240 e. The largest absolute Gasteiger partial charge is 0.347 e. The summed E-state index contributed by atoms with van der Waals surface area (Å²) in [5.41, 5.74) is 5.45. The Morgan fingerprint density at radius 1 is 1.65 bits per heavy atom. The van der Waals surface area contributed by atoms with E-state index in [2.05, 4.69) is 15.3 Å². The molecule has 5 nitrogen and oxygen atoms in total. The predicted molar refractivity (Wildman–Crippen MR) is 65.1 cm³/mol. The number of carbonyl (C=O) groups is 1. The third-order valence-corrected chi connectivity index (χ3v) is 3.51. The fourth-order valence-electron chi connectivity index (χ4n) is 2.37. The van der Waals surface area contributed by atoms with Crippen molar-refractivity contribution < 1.29 is 4.79 Å². The molecule has 4 N–H and O–H groups in total. The Morgan fingerprint density at radius 3 is 2.88 bits per heavy atom. The van der Waals surface area contributed by atoms with Crippen LogP contribution < -0.4 is 11.1 Å². The number of nitrogens with one attached hydrogen (secondary N) is 2. The Morgan fingerprint density at radius 2 is 2.35 bits per heavy atom. The van der Waals surface area contributed by atoms with E-state index in [4.69, 9.17) is 5.73 Å². The second kappa shape index (κ2) is 4.87. The molecule has 2 rings (SSSR count). The molecule has 1 amide bonds. The van der Waals surface area contributed by atoms with Crippen LogP contribution in [0, 0.1) is 0 Å². The van der Waals surface area contributed by atoms with Gasteiger partial charge in [-0.1, -0.05) is 19.8 Å². The smallest absolute Gasteiger partial charge is 0.240 e. The number of hydrogen-bond acceptors (Lipinski definition) is 3. The van der Waals surface area contributed by atoms with E-state index in [0.29, 0.717) is 0 Å². The van der Waals surface area contributed by atoms with Crippen molar-refractivity contribution in [3.05, 3.63) is 18.2 Å². The van der Waals surface area contributed by atoms with Crippen molar-refractivity contribution in [3.63, 3.8) is 0 Å². The van der Waals surface area contributed by atoms with E-state index in [9.17, 15) is 4.79 Å². The van der Waals surface area contributed by atoms with Gasteiger partial charge in [-0.15, -0.1) is 0 Å². The van der Waals surface area contributed by atoms with Gasteiger partial charge in [-0.2, -0.15) is 0 Å². The molecule has 1 aromatic rings. The first-order chi connectivity index (χ1) is 8.15. The molecule has 1 aliphatic rings. The number of nitrogens with zero attached hydrogens (tertiary/aromatic N) is 1. The molecule has 1 saturated carbocycles. The van der Waals surface area contributed by atoms with E-state index >= 15 is 0 Å². The highest BCUT2D eigenvalue weighted by Crippen LogP contribution is 2.28. The molecule has 5 heteroatoms. The summed E-state index contributed by atoms with van der Waals surface area (Å²) in [6, 6.07) is -0.0708. The molecule has 0 bridgehead atoms. The maximum atomic E-state index is 12.2. The van der Waals surface area contributed by atoms with Crippen LogP contribution in [0.1, 0.15) is 50.9 Å². The zero-order valence-corrected chi connectivity index (χ0v) is 10.2. The predicted octanol–water partition coefficient (Wildman–Crippen LogP) is 1.25.